The fourth-order valence-corrected chi connectivity index (χ4v) is 4.64. The zero-order valence-corrected chi connectivity index (χ0v) is 21.0. The van der Waals surface area contributed by atoms with Crippen LogP contribution in [0.5, 0.6) is 23.0 Å². The Morgan fingerprint density at radius 2 is 1.00 bits per heavy atom. The van der Waals surface area contributed by atoms with Gasteiger partial charge in [0.05, 0.1) is 27.4 Å². The molecule has 3 aromatic carbocycles. The summed E-state index contributed by atoms with van der Waals surface area (Å²) in [5, 5.41) is 0. The predicted molar refractivity (Wildman–Crippen MR) is 139 cm³/mol. The van der Waals surface area contributed by atoms with Crippen molar-refractivity contribution in [2.75, 3.05) is 27.4 Å². The summed E-state index contributed by atoms with van der Waals surface area (Å²) in [6, 6.07) is 20.1. The van der Waals surface area contributed by atoms with Gasteiger partial charge in [0.2, 0.25) is 0 Å². The Balaban J connectivity index is 1.60. The van der Waals surface area contributed by atoms with Crippen molar-refractivity contribution in [3.8, 4) is 45.3 Å². The van der Waals surface area contributed by atoms with Gasteiger partial charge >= 0.3 is 0 Å². The van der Waals surface area contributed by atoms with Crippen LogP contribution in [0.2, 0.25) is 0 Å². The molecule has 2 unspecified atom stereocenters. The van der Waals surface area contributed by atoms with E-state index in [0.717, 1.165) is 83.8 Å². The van der Waals surface area contributed by atoms with E-state index in [4.69, 9.17) is 28.4 Å². The van der Waals surface area contributed by atoms with Crippen molar-refractivity contribution < 1.29 is 28.4 Å². The van der Waals surface area contributed by atoms with Gasteiger partial charge in [-0.25, -0.2) is 0 Å². The summed E-state index contributed by atoms with van der Waals surface area (Å²) in [6.07, 6.45) is 5.51. The van der Waals surface area contributed by atoms with Crippen LogP contribution >= 0.6 is 0 Å². The molecule has 0 radical (unpaired) electrons. The quantitative estimate of drug-likeness (QED) is 0.344. The van der Waals surface area contributed by atoms with E-state index in [1.54, 1.807) is 14.2 Å². The molecule has 0 aliphatic carbocycles. The van der Waals surface area contributed by atoms with Crippen molar-refractivity contribution >= 4 is 0 Å². The Morgan fingerprint density at radius 1 is 0.583 bits per heavy atom. The molecule has 2 atom stereocenters. The van der Waals surface area contributed by atoms with Crippen molar-refractivity contribution in [2.45, 2.75) is 51.1 Å². The van der Waals surface area contributed by atoms with E-state index in [1.165, 1.54) is 0 Å². The van der Waals surface area contributed by atoms with Crippen LogP contribution in [0.25, 0.3) is 22.3 Å². The predicted octanol–water partition coefficient (Wildman–Crippen LogP) is 6.85. The maximum Gasteiger partial charge on any atom is 0.199 e. The second-order valence-corrected chi connectivity index (χ2v) is 9.13. The summed E-state index contributed by atoms with van der Waals surface area (Å²) >= 11 is 0. The highest BCUT2D eigenvalue weighted by molar-refractivity contribution is 5.81. The molecule has 2 saturated heterocycles. The maximum absolute atomic E-state index is 6.48. The van der Waals surface area contributed by atoms with Crippen LogP contribution in [0.15, 0.2) is 60.7 Å². The molecule has 36 heavy (non-hydrogen) atoms. The molecule has 0 bridgehead atoms. The monoisotopic (exact) mass is 490 g/mol. The third kappa shape index (κ3) is 5.77. The zero-order chi connectivity index (χ0) is 24.7. The van der Waals surface area contributed by atoms with E-state index in [2.05, 4.69) is 12.1 Å². The number of methoxy groups -OCH3 is 2. The molecular weight excluding hydrogens is 456 g/mol. The Morgan fingerprint density at radius 3 is 1.33 bits per heavy atom. The fraction of sp³-hybridized carbons (Fsp3) is 0.400. The number of rotatable bonds is 8. The van der Waals surface area contributed by atoms with Crippen molar-refractivity contribution in [1.29, 1.82) is 0 Å². The van der Waals surface area contributed by atoms with Crippen LogP contribution in [0, 0.1) is 0 Å². The van der Waals surface area contributed by atoms with Gasteiger partial charge in [0.25, 0.3) is 0 Å². The lowest BCUT2D eigenvalue weighted by Crippen LogP contribution is -2.26. The summed E-state index contributed by atoms with van der Waals surface area (Å²) in [5.74, 6) is 3.13. The van der Waals surface area contributed by atoms with E-state index < -0.39 is 0 Å². The van der Waals surface area contributed by atoms with E-state index in [0.29, 0.717) is 13.2 Å². The first kappa shape index (κ1) is 24.5. The molecule has 3 aromatic rings. The highest BCUT2D eigenvalue weighted by Gasteiger charge is 2.23. The molecule has 0 saturated carbocycles. The van der Waals surface area contributed by atoms with E-state index >= 15 is 0 Å². The SMILES string of the molecule is COc1ccc(-c2cc(OC3CCCCO3)c(-c3ccc(OC)cc3)cc2OC2CCCCO2)cc1. The molecule has 2 heterocycles. The first-order valence-electron chi connectivity index (χ1n) is 12.8. The summed E-state index contributed by atoms with van der Waals surface area (Å²) in [5.41, 5.74) is 3.90. The molecule has 190 valence electrons. The molecule has 6 nitrogen and oxygen atoms in total. The van der Waals surface area contributed by atoms with Crippen LogP contribution in [-0.4, -0.2) is 40.0 Å². The van der Waals surface area contributed by atoms with Gasteiger partial charge in [-0.3, -0.25) is 0 Å². The zero-order valence-electron chi connectivity index (χ0n) is 21.0. The number of hydrogen-bond donors (Lipinski definition) is 0. The van der Waals surface area contributed by atoms with Crippen molar-refractivity contribution in [1.82, 2.24) is 0 Å². The molecule has 6 heteroatoms. The third-order valence-corrected chi connectivity index (χ3v) is 6.68. The van der Waals surface area contributed by atoms with Gasteiger partial charge in [-0.2, -0.15) is 0 Å². The number of hydrogen-bond acceptors (Lipinski definition) is 6. The van der Waals surface area contributed by atoms with E-state index in [1.807, 2.05) is 48.5 Å². The van der Waals surface area contributed by atoms with Crippen molar-refractivity contribution in [3.63, 3.8) is 0 Å². The van der Waals surface area contributed by atoms with Crippen LogP contribution in [0.4, 0.5) is 0 Å². The van der Waals surface area contributed by atoms with E-state index in [-0.39, 0.29) is 12.6 Å². The number of ether oxygens (including phenoxy) is 6. The van der Waals surface area contributed by atoms with Crippen LogP contribution in [-0.2, 0) is 9.47 Å². The molecule has 5 rings (SSSR count). The largest absolute Gasteiger partial charge is 0.497 e. The summed E-state index contributed by atoms with van der Waals surface area (Å²) in [7, 11) is 3.34. The Hall–Kier alpha value is -3.22. The summed E-state index contributed by atoms with van der Waals surface area (Å²) in [4.78, 5) is 0. The first-order valence-corrected chi connectivity index (χ1v) is 12.8. The van der Waals surface area contributed by atoms with Gasteiger partial charge in [0, 0.05) is 24.0 Å². The summed E-state index contributed by atoms with van der Waals surface area (Å²) in [6.45, 7) is 1.43. The molecule has 0 amide bonds. The van der Waals surface area contributed by atoms with Crippen LogP contribution < -0.4 is 18.9 Å². The van der Waals surface area contributed by atoms with Gasteiger partial charge in [-0.1, -0.05) is 24.3 Å². The topological polar surface area (TPSA) is 55.4 Å². The standard InChI is InChI=1S/C30H34O6/c1-31-23-13-9-21(10-14-23)25-19-28(36-30-8-4-6-18-34-30)26(22-11-15-24(32-2)16-12-22)20-27(25)35-29-7-3-5-17-33-29/h9-16,19-20,29-30H,3-8,17-18H2,1-2H3. The van der Waals surface area contributed by atoms with Crippen molar-refractivity contribution in [2.24, 2.45) is 0 Å². The highest BCUT2D eigenvalue weighted by Crippen LogP contribution is 2.43. The lowest BCUT2D eigenvalue weighted by molar-refractivity contribution is -0.107. The summed E-state index contributed by atoms with van der Waals surface area (Å²) < 4.78 is 35.6. The lowest BCUT2D eigenvalue weighted by Gasteiger charge is -2.28. The molecule has 2 aliphatic rings. The maximum atomic E-state index is 6.48. The van der Waals surface area contributed by atoms with Gasteiger partial charge < -0.3 is 28.4 Å². The fourth-order valence-electron chi connectivity index (χ4n) is 4.64. The van der Waals surface area contributed by atoms with Gasteiger partial charge in [0.15, 0.2) is 12.6 Å². The number of benzene rings is 3. The van der Waals surface area contributed by atoms with Gasteiger partial charge in [-0.05, 0) is 73.2 Å². The first-order chi connectivity index (χ1) is 17.7. The van der Waals surface area contributed by atoms with Gasteiger partial charge in [0.1, 0.15) is 23.0 Å². The second kappa shape index (κ2) is 11.7. The molecule has 0 N–H and O–H groups in total. The Bertz CT molecular complexity index is 1020. The van der Waals surface area contributed by atoms with E-state index in [9.17, 15) is 0 Å². The smallest absolute Gasteiger partial charge is 0.199 e. The Kier molecular flexibility index (Phi) is 7.94. The minimum absolute atomic E-state index is 0.270. The van der Waals surface area contributed by atoms with Crippen LogP contribution in [0.1, 0.15) is 38.5 Å². The molecule has 2 fully saturated rings. The van der Waals surface area contributed by atoms with Crippen LogP contribution in [0.3, 0.4) is 0 Å². The van der Waals surface area contributed by atoms with Crippen molar-refractivity contribution in [3.05, 3.63) is 60.7 Å². The third-order valence-electron chi connectivity index (χ3n) is 6.68. The average Bonchev–Trinajstić information content (AvgIpc) is 2.95. The average molecular weight is 491 g/mol. The molecule has 2 aliphatic heterocycles. The lowest BCUT2D eigenvalue weighted by atomic mass is 9.97. The molecular formula is C30H34O6. The normalized spacial score (nSPS) is 19.9. The minimum Gasteiger partial charge on any atom is -0.497 e. The molecule has 0 spiro atoms. The minimum atomic E-state index is -0.270. The second-order valence-electron chi connectivity index (χ2n) is 9.13. The van der Waals surface area contributed by atoms with Gasteiger partial charge in [-0.15, -0.1) is 0 Å². The Labute approximate surface area is 213 Å². The molecule has 0 aromatic heterocycles. The highest BCUT2D eigenvalue weighted by atomic mass is 16.7.